The molecule has 0 fully saturated rings. The van der Waals surface area contributed by atoms with Crippen molar-refractivity contribution in [1.29, 1.82) is 0 Å². The first kappa shape index (κ1) is 20.2. The van der Waals surface area contributed by atoms with Crippen molar-refractivity contribution in [2.45, 2.75) is 45.8 Å². The highest BCUT2D eigenvalue weighted by Gasteiger charge is 2.19. The third-order valence-electron chi connectivity index (χ3n) is 5.55. The minimum absolute atomic E-state index is 0.201. The number of hydrogen-bond acceptors (Lipinski definition) is 5. The summed E-state index contributed by atoms with van der Waals surface area (Å²) in [5.74, 6) is 2.12. The zero-order chi connectivity index (χ0) is 20.9. The minimum Gasteiger partial charge on any atom is -0.343 e. The van der Waals surface area contributed by atoms with Crippen LogP contribution in [0.15, 0.2) is 48.7 Å². The normalized spacial score (nSPS) is 14.4. The molecule has 0 atom stereocenters. The minimum atomic E-state index is -0.201. The van der Waals surface area contributed by atoms with Gasteiger partial charge < -0.3 is 9.88 Å². The third-order valence-corrected chi connectivity index (χ3v) is 5.55. The summed E-state index contributed by atoms with van der Waals surface area (Å²) in [6.07, 6.45) is 2.47. The molecule has 0 saturated carbocycles. The number of aromatic nitrogens is 4. The van der Waals surface area contributed by atoms with E-state index in [1.807, 2.05) is 0 Å². The average Bonchev–Trinajstić information content (AvgIpc) is 3.05. The summed E-state index contributed by atoms with van der Waals surface area (Å²) in [6, 6.07) is 14.2. The average molecular weight is 405 g/mol. The summed E-state index contributed by atoms with van der Waals surface area (Å²) in [7, 11) is 0. The summed E-state index contributed by atoms with van der Waals surface area (Å²) in [5.41, 5.74) is 3.11. The molecule has 30 heavy (non-hydrogen) atoms. The zero-order valence-corrected chi connectivity index (χ0v) is 17.6. The zero-order valence-electron chi connectivity index (χ0n) is 17.6. The number of fused-ring (bicyclic) bond motifs is 1. The Morgan fingerprint density at radius 2 is 1.90 bits per heavy atom. The van der Waals surface area contributed by atoms with E-state index in [2.05, 4.69) is 68.1 Å². The number of hydrogen-bond donors (Lipinski definition) is 1. The van der Waals surface area contributed by atoms with E-state index < -0.39 is 0 Å². The van der Waals surface area contributed by atoms with Gasteiger partial charge in [0.25, 0.3) is 5.91 Å². The molecular weight excluding hydrogens is 376 g/mol. The smallest absolute Gasteiger partial charge is 0.270 e. The molecule has 0 aliphatic carbocycles. The van der Waals surface area contributed by atoms with Gasteiger partial charge in [-0.05, 0) is 29.2 Å². The van der Waals surface area contributed by atoms with Crippen LogP contribution in [0.5, 0.6) is 0 Å². The highest BCUT2D eigenvalue weighted by molar-refractivity contribution is 5.92. The lowest BCUT2D eigenvalue weighted by Gasteiger charge is -2.20. The Kier molecular flexibility index (Phi) is 6.18. The molecule has 1 N–H and O–H groups in total. The number of rotatable bonds is 6. The molecule has 0 radical (unpaired) electrons. The first-order chi connectivity index (χ1) is 14.6. The van der Waals surface area contributed by atoms with Crippen LogP contribution < -0.4 is 5.32 Å². The van der Waals surface area contributed by atoms with Crippen LogP contribution >= 0.6 is 0 Å². The van der Waals surface area contributed by atoms with E-state index >= 15 is 0 Å². The number of pyridine rings is 1. The molecule has 156 valence electrons. The fourth-order valence-electron chi connectivity index (χ4n) is 3.73. The van der Waals surface area contributed by atoms with E-state index in [-0.39, 0.29) is 5.91 Å². The van der Waals surface area contributed by atoms with Crippen LogP contribution in [0.4, 0.5) is 0 Å². The number of nitrogens with zero attached hydrogens (tertiary/aromatic N) is 5. The van der Waals surface area contributed by atoms with Gasteiger partial charge in [0.1, 0.15) is 11.5 Å². The van der Waals surface area contributed by atoms with Gasteiger partial charge in [0.05, 0.1) is 6.54 Å². The Labute approximate surface area is 177 Å². The van der Waals surface area contributed by atoms with Crippen LogP contribution in [0, 0.1) is 0 Å². The topological polar surface area (TPSA) is 75.9 Å². The van der Waals surface area contributed by atoms with Crippen molar-refractivity contribution in [2.75, 3.05) is 13.1 Å². The molecule has 3 aromatic rings. The lowest BCUT2D eigenvalue weighted by Crippen LogP contribution is -2.28. The third kappa shape index (κ3) is 4.74. The summed E-state index contributed by atoms with van der Waals surface area (Å²) >= 11 is 0. The van der Waals surface area contributed by atoms with Crippen LogP contribution in [0.1, 0.15) is 53.0 Å². The fraction of sp³-hybridized carbons (Fsp3) is 0.391. The molecular formula is C23H28N6O. The van der Waals surface area contributed by atoms with Crippen molar-refractivity contribution in [1.82, 2.24) is 30.0 Å². The summed E-state index contributed by atoms with van der Waals surface area (Å²) in [6.45, 7) is 8.41. The van der Waals surface area contributed by atoms with Crippen LogP contribution in [0.25, 0.3) is 0 Å². The molecule has 1 aliphatic heterocycles. The molecule has 2 aromatic heterocycles. The maximum atomic E-state index is 12.3. The number of carbonyl (C=O) groups excluding carboxylic acids is 1. The van der Waals surface area contributed by atoms with E-state index in [4.69, 9.17) is 0 Å². The predicted molar refractivity (Wildman–Crippen MR) is 115 cm³/mol. The fourth-order valence-corrected chi connectivity index (χ4v) is 3.73. The van der Waals surface area contributed by atoms with Crippen molar-refractivity contribution in [2.24, 2.45) is 0 Å². The lowest BCUT2D eigenvalue weighted by atomic mass is 10.0. The predicted octanol–water partition coefficient (Wildman–Crippen LogP) is 2.78. The Morgan fingerprint density at radius 3 is 2.63 bits per heavy atom. The Morgan fingerprint density at radius 1 is 1.07 bits per heavy atom. The highest BCUT2D eigenvalue weighted by atomic mass is 16.1. The van der Waals surface area contributed by atoms with E-state index in [1.165, 1.54) is 11.1 Å². The van der Waals surface area contributed by atoms with E-state index in [0.29, 0.717) is 18.2 Å². The quantitative estimate of drug-likeness (QED) is 0.684. The van der Waals surface area contributed by atoms with Gasteiger partial charge in [-0.2, -0.15) is 0 Å². The molecule has 0 unspecified atom stereocenters. The van der Waals surface area contributed by atoms with E-state index in [9.17, 15) is 4.79 Å². The Bertz CT molecular complexity index is 981. The van der Waals surface area contributed by atoms with Gasteiger partial charge in [0.2, 0.25) is 0 Å². The largest absolute Gasteiger partial charge is 0.343 e. The van der Waals surface area contributed by atoms with Gasteiger partial charge in [-0.15, -0.1) is 10.2 Å². The lowest BCUT2D eigenvalue weighted by molar-refractivity contribution is 0.0944. The molecule has 1 aliphatic rings. The molecule has 0 saturated heterocycles. The maximum absolute atomic E-state index is 12.3. The number of nitrogens with one attached hydrogen (secondary N) is 1. The van der Waals surface area contributed by atoms with Gasteiger partial charge in [0.15, 0.2) is 5.82 Å². The van der Waals surface area contributed by atoms with E-state index in [1.54, 1.807) is 24.4 Å². The SMILES string of the molecule is CC(C)c1ccc(CN2CCc3nnc(CNC(=O)c4ccccn4)n3CC2)cc1. The second-order valence-corrected chi connectivity index (χ2v) is 8.00. The first-order valence-electron chi connectivity index (χ1n) is 10.5. The highest BCUT2D eigenvalue weighted by Crippen LogP contribution is 2.17. The molecule has 7 heteroatoms. The van der Waals surface area contributed by atoms with Gasteiger partial charge >= 0.3 is 0 Å². The standard InChI is InChI=1S/C23H28N6O/c1-17(2)19-8-6-18(7-9-19)16-28-12-10-21-26-27-22(29(21)14-13-28)15-25-23(30)20-5-3-4-11-24-20/h3-9,11,17H,10,12-16H2,1-2H3,(H,25,30). The monoisotopic (exact) mass is 404 g/mol. The van der Waals surface area contributed by atoms with Crippen molar-refractivity contribution in [3.8, 4) is 0 Å². The van der Waals surface area contributed by atoms with Crippen LogP contribution in [0.3, 0.4) is 0 Å². The van der Waals surface area contributed by atoms with Crippen molar-refractivity contribution < 1.29 is 4.79 Å². The van der Waals surface area contributed by atoms with Crippen LogP contribution in [-0.4, -0.2) is 43.6 Å². The Balaban J connectivity index is 1.35. The number of carbonyl (C=O) groups is 1. The summed E-state index contributed by atoms with van der Waals surface area (Å²) in [5, 5.41) is 11.6. The molecule has 7 nitrogen and oxygen atoms in total. The summed E-state index contributed by atoms with van der Waals surface area (Å²) in [4.78, 5) is 18.8. The Hall–Kier alpha value is -3.06. The van der Waals surface area contributed by atoms with Crippen LogP contribution in [0.2, 0.25) is 0 Å². The molecule has 0 spiro atoms. The van der Waals surface area contributed by atoms with Gasteiger partial charge in [-0.1, -0.05) is 44.2 Å². The molecule has 4 rings (SSSR count). The summed E-state index contributed by atoms with van der Waals surface area (Å²) < 4.78 is 2.14. The van der Waals surface area contributed by atoms with Crippen molar-refractivity contribution in [3.63, 3.8) is 0 Å². The second kappa shape index (κ2) is 9.17. The van der Waals surface area contributed by atoms with Gasteiger partial charge in [-0.3, -0.25) is 14.7 Å². The molecule has 1 amide bonds. The first-order valence-corrected chi connectivity index (χ1v) is 10.5. The van der Waals surface area contributed by atoms with Crippen molar-refractivity contribution >= 4 is 5.91 Å². The second-order valence-electron chi connectivity index (χ2n) is 8.00. The van der Waals surface area contributed by atoms with Crippen LogP contribution in [-0.2, 0) is 26.1 Å². The van der Waals surface area contributed by atoms with Gasteiger partial charge in [0, 0.05) is 38.8 Å². The molecule has 3 heterocycles. The number of benzene rings is 1. The molecule has 0 bridgehead atoms. The number of amides is 1. The van der Waals surface area contributed by atoms with Crippen molar-refractivity contribution in [3.05, 3.63) is 77.1 Å². The molecule has 1 aromatic carbocycles. The maximum Gasteiger partial charge on any atom is 0.270 e. The van der Waals surface area contributed by atoms with Gasteiger partial charge in [-0.25, -0.2) is 0 Å². The van der Waals surface area contributed by atoms with E-state index in [0.717, 1.165) is 44.2 Å².